The molecule has 0 aliphatic heterocycles. The third-order valence-corrected chi connectivity index (χ3v) is 4.00. The summed E-state index contributed by atoms with van der Waals surface area (Å²) < 4.78 is 26.6. The minimum atomic E-state index is -0.649. The minimum absolute atomic E-state index is 0.0567. The summed E-state index contributed by atoms with van der Waals surface area (Å²) in [5.74, 6) is -1.34. The van der Waals surface area contributed by atoms with Crippen molar-refractivity contribution < 1.29 is 14.0 Å². The van der Waals surface area contributed by atoms with Gasteiger partial charge in [-0.2, -0.15) is 0 Å². The number of nitrogens with zero attached hydrogens (tertiary/aromatic N) is 1. The van der Waals surface area contributed by atoms with Crippen LogP contribution in [-0.4, -0.2) is 11.0 Å². The van der Waals surface area contributed by atoms with Crippen LogP contribution in [0.25, 0.3) is 0 Å². The number of benzene rings is 2. The lowest BCUT2D eigenvalue weighted by Crippen LogP contribution is -2.14. The Morgan fingerprint density at radius 2 is 2.00 bits per heavy atom. The molecule has 6 heteroatoms. The number of oxime groups is 1. The van der Waals surface area contributed by atoms with E-state index in [2.05, 4.69) is 5.16 Å². The predicted octanol–water partition coefficient (Wildman–Crippen LogP) is 3.52. The van der Waals surface area contributed by atoms with E-state index in [4.69, 9.17) is 10.9 Å². The highest BCUT2D eigenvalue weighted by atomic mass is 32.2. The van der Waals surface area contributed by atoms with E-state index in [0.717, 1.165) is 23.4 Å². The van der Waals surface area contributed by atoms with Crippen molar-refractivity contribution in [2.24, 2.45) is 10.9 Å². The number of rotatable bonds is 3. The van der Waals surface area contributed by atoms with Crippen LogP contribution in [0.2, 0.25) is 0 Å². The van der Waals surface area contributed by atoms with Crippen molar-refractivity contribution in [2.45, 2.75) is 16.7 Å². The molecule has 0 saturated heterocycles. The highest BCUT2D eigenvalue weighted by Crippen LogP contribution is 2.34. The molecule has 0 atom stereocenters. The van der Waals surface area contributed by atoms with E-state index in [-0.39, 0.29) is 10.7 Å². The number of hydrogen-bond acceptors (Lipinski definition) is 3. The molecule has 0 spiro atoms. The lowest BCUT2D eigenvalue weighted by atomic mass is 10.1. The van der Waals surface area contributed by atoms with Gasteiger partial charge in [-0.05, 0) is 30.7 Å². The van der Waals surface area contributed by atoms with Crippen LogP contribution in [0.1, 0.15) is 11.1 Å². The van der Waals surface area contributed by atoms with Crippen molar-refractivity contribution in [1.82, 2.24) is 0 Å². The van der Waals surface area contributed by atoms with Gasteiger partial charge in [-0.25, -0.2) is 8.78 Å². The van der Waals surface area contributed by atoms with Crippen molar-refractivity contribution in [3.05, 3.63) is 59.2 Å². The average Bonchev–Trinajstić information content (AvgIpc) is 2.42. The summed E-state index contributed by atoms with van der Waals surface area (Å²) in [6.45, 7) is 1.83. The van der Waals surface area contributed by atoms with Crippen molar-refractivity contribution in [3.8, 4) is 0 Å². The number of halogens is 2. The zero-order chi connectivity index (χ0) is 14.7. The zero-order valence-electron chi connectivity index (χ0n) is 10.6. The van der Waals surface area contributed by atoms with Gasteiger partial charge in [0.2, 0.25) is 0 Å². The van der Waals surface area contributed by atoms with Gasteiger partial charge in [0.25, 0.3) is 0 Å². The fourth-order valence-corrected chi connectivity index (χ4v) is 2.74. The van der Waals surface area contributed by atoms with Crippen LogP contribution in [0.15, 0.2) is 51.3 Å². The van der Waals surface area contributed by atoms with Gasteiger partial charge in [-0.3, -0.25) is 0 Å². The monoisotopic (exact) mass is 294 g/mol. The van der Waals surface area contributed by atoms with E-state index in [9.17, 15) is 8.78 Å². The molecule has 0 radical (unpaired) electrons. The van der Waals surface area contributed by atoms with E-state index in [0.29, 0.717) is 10.5 Å². The number of amidine groups is 1. The Balaban J connectivity index is 2.48. The molecular weight excluding hydrogens is 282 g/mol. The molecule has 2 aromatic rings. The van der Waals surface area contributed by atoms with E-state index >= 15 is 0 Å². The van der Waals surface area contributed by atoms with Gasteiger partial charge >= 0.3 is 0 Å². The van der Waals surface area contributed by atoms with Crippen molar-refractivity contribution in [2.75, 3.05) is 0 Å². The maximum atomic E-state index is 13.7. The standard InChI is InChI=1S/C14H12F2N2OS/c1-8-3-2-4-10(14(17)18-19)13(8)20-12-6-5-9(15)7-11(12)16/h2-7,19H,1H3,(H2,17,18). The predicted molar refractivity (Wildman–Crippen MR) is 74.2 cm³/mol. The molecule has 0 aliphatic carbocycles. The topological polar surface area (TPSA) is 58.6 Å². The van der Waals surface area contributed by atoms with Crippen LogP contribution in [-0.2, 0) is 0 Å². The van der Waals surface area contributed by atoms with Crippen molar-refractivity contribution >= 4 is 17.6 Å². The average molecular weight is 294 g/mol. The minimum Gasteiger partial charge on any atom is -0.409 e. The summed E-state index contributed by atoms with van der Waals surface area (Å²) in [6.07, 6.45) is 0. The molecule has 0 fully saturated rings. The Kier molecular flexibility index (Phi) is 4.24. The molecule has 3 N–H and O–H groups in total. The van der Waals surface area contributed by atoms with Crippen LogP contribution >= 0.6 is 11.8 Å². The molecule has 3 nitrogen and oxygen atoms in total. The second-order valence-electron chi connectivity index (χ2n) is 4.11. The van der Waals surface area contributed by atoms with E-state index in [1.165, 1.54) is 12.1 Å². The van der Waals surface area contributed by atoms with Gasteiger partial charge in [0, 0.05) is 21.4 Å². The number of hydrogen-bond donors (Lipinski definition) is 2. The van der Waals surface area contributed by atoms with E-state index in [1.54, 1.807) is 12.1 Å². The van der Waals surface area contributed by atoms with Crippen molar-refractivity contribution in [3.63, 3.8) is 0 Å². The van der Waals surface area contributed by atoms with Gasteiger partial charge in [0.15, 0.2) is 5.84 Å². The lowest BCUT2D eigenvalue weighted by Gasteiger charge is -2.11. The highest BCUT2D eigenvalue weighted by molar-refractivity contribution is 7.99. The summed E-state index contributed by atoms with van der Waals surface area (Å²) in [6, 6.07) is 8.63. The van der Waals surface area contributed by atoms with Crippen LogP contribution in [0.5, 0.6) is 0 Å². The molecule has 2 rings (SSSR count). The van der Waals surface area contributed by atoms with Gasteiger partial charge in [-0.1, -0.05) is 29.1 Å². The lowest BCUT2D eigenvalue weighted by molar-refractivity contribution is 0.318. The van der Waals surface area contributed by atoms with Gasteiger partial charge in [0.05, 0.1) is 0 Å². The summed E-state index contributed by atoms with van der Waals surface area (Å²) in [7, 11) is 0. The first-order valence-electron chi connectivity index (χ1n) is 5.73. The smallest absolute Gasteiger partial charge is 0.171 e. The summed E-state index contributed by atoms with van der Waals surface area (Å²) in [5.41, 5.74) is 6.96. The maximum Gasteiger partial charge on any atom is 0.171 e. The molecule has 104 valence electrons. The summed E-state index contributed by atoms with van der Waals surface area (Å²) in [4.78, 5) is 0.931. The molecule has 0 heterocycles. The highest BCUT2D eigenvalue weighted by Gasteiger charge is 2.13. The van der Waals surface area contributed by atoms with Crippen LogP contribution in [0.4, 0.5) is 8.78 Å². The molecule has 0 amide bonds. The Labute approximate surface area is 119 Å². The molecule has 0 saturated carbocycles. The summed E-state index contributed by atoms with van der Waals surface area (Å²) in [5, 5.41) is 11.8. The first kappa shape index (κ1) is 14.3. The fraction of sp³-hybridized carbons (Fsp3) is 0.0714. The third kappa shape index (κ3) is 2.91. The van der Waals surface area contributed by atoms with E-state index < -0.39 is 11.6 Å². The first-order valence-corrected chi connectivity index (χ1v) is 6.55. The first-order chi connectivity index (χ1) is 9.52. The second kappa shape index (κ2) is 5.92. The van der Waals surface area contributed by atoms with Gasteiger partial charge in [-0.15, -0.1) is 0 Å². The molecule has 0 aromatic heterocycles. The molecule has 0 unspecified atom stereocenters. The van der Waals surface area contributed by atoms with E-state index in [1.807, 2.05) is 13.0 Å². The quantitative estimate of drug-likeness (QED) is 0.394. The van der Waals surface area contributed by atoms with Crippen LogP contribution < -0.4 is 5.73 Å². The molecule has 0 bridgehead atoms. The molecule has 20 heavy (non-hydrogen) atoms. The molecule has 2 aromatic carbocycles. The Morgan fingerprint density at radius 3 is 2.65 bits per heavy atom. The number of aryl methyl sites for hydroxylation is 1. The fourth-order valence-electron chi connectivity index (χ4n) is 1.71. The molecule has 0 aliphatic rings. The van der Waals surface area contributed by atoms with Gasteiger partial charge < -0.3 is 10.9 Å². The Morgan fingerprint density at radius 1 is 1.25 bits per heavy atom. The third-order valence-electron chi connectivity index (χ3n) is 2.70. The Hall–Kier alpha value is -2.08. The molecular formula is C14H12F2N2OS. The number of nitrogens with two attached hydrogens (primary N) is 1. The largest absolute Gasteiger partial charge is 0.409 e. The van der Waals surface area contributed by atoms with Crippen LogP contribution in [0, 0.1) is 18.6 Å². The summed E-state index contributed by atoms with van der Waals surface area (Å²) >= 11 is 1.11. The Bertz CT molecular complexity index is 674. The second-order valence-corrected chi connectivity index (χ2v) is 5.17. The van der Waals surface area contributed by atoms with Gasteiger partial charge in [0.1, 0.15) is 11.6 Å². The van der Waals surface area contributed by atoms with Crippen LogP contribution in [0.3, 0.4) is 0 Å². The zero-order valence-corrected chi connectivity index (χ0v) is 11.4. The normalized spacial score (nSPS) is 11.7. The SMILES string of the molecule is Cc1cccc(/C(N)=N/O)c1Sc1ccc(F)cc1F. The maximum absolute atomic E-state index is 13.7. The van der Waals surface area contributed by atoms with Crippen molar-refractivity contribution in [1.29, 1.82) is 0 Å².